The molecule has 6 heteroatoms. The van der Waals surface area contributed by atoms with Crippen molar-refractivity contribution in [2.45, 2.75) is 24.7 Å². The molecule has 0 unspecified atom stereocenters. The van der Waals surface area contributed by atoms with E-state index in [4.69, 9.17) is 15.6 Å². The minimum Gasteiger partial charge on any atom is -0.491 e. The van der Waals surface area contributed by atoms with Crippen LogP contribution in [0.25, 0.3) is 0 Å². The third-order valence-electron chi connectivity index (χ3n) is 2.07. The fraction of sp³-hybridized carbons (Fsp3) is 0.400. The van der Waals surface area contributed by atoms with Gasteiger partial charge in [0.05, 0.1) is 17.2 Å². The Kier molecular flexibility index (Phi) is 4.14. The van der Waals surface area contributed by atoms with Gasteiger partial charge >= 0.3 is 0 Å². The van der Waals surface area contributed by atoms with E-state index < -0.39 is 10.0 Å². The van der Waals surface area contributed by atoms with Crippen molar-refractivity contribution in [3.05, 3.63) is 18.2 Å². The van der Waals surface area contributed by atoms with Crippen LogP contribution in [0.3, 0.4) is 0 Å². The van der Waals surface area contributed by atoms with Gasteiger partial charge in [0.1, 0.15) is 5.75 Å². The highest BCUT2D eigenvalue weighted by molar-refractivity contribution is 7.89. The maximum atomic E-state index is 11.1. The summed E-state index contributed by atoms with van der Waals surface area (Å²) >= 11 is 0. The number of rotatable bonds is 5. The average Bonchev–Trinajstić information content (AvgIpc) is 2.19. The van der Waals surface area contributed by atoms with Gasteiger partial charge in [0, 0.05) is 6.07 Å². The van der Waals surface area contributed by atoms with Gasteiger partial charge in [0.25, 0.3) is 0 Å². The van der Waals surface area contributed by atoms with E-state index in [1.165, 1.54) is 18.2 Å². The van der Waals surface area contributed by atoms with Gasteiger partial charge in [-0.15, -0.1) is 0 Å². The fourth-order valence-corrected chi connectivity index (χ4v) is 1.67. The van der Waals surface area contributed by atoms with Crippen LogP contribution >= 0.6 is 0 Å². The molecule has 1 aromatic carbocycles. The van der Waals surface area contributed by atoms with E-state index in [1.807, 2.05) is 6.92 Å². The molecule has 0 fully saturated rings. The van der Waals surface area contributed by atoms with Gasteiger partial charge in [0.2, 0.25) is 10.0 Å². The number of ether oxygens (including phenoxy) is 1. The second-order valence-corrected chi connectivity index (χ2v) is 5.01. The summed E-state index contributed by atoms with van der Waals surface area (Å²) < 4.78 is 27.6. The Labute approximate surface area is 95.4 Å². The first kappa shape index (κ1) is 12.8. The minimum atomic E-state index is -3.71. The first-order valence-corrected chi connectivity index (χ1v) is 6.55. The Hall–Kier alpha value is -1.27. The van der Waals surface area contributed by atoms with Crippen molar-refractivity contribution in [1.29, 1.82) is 0 Å². The second kappa shape index (κ2) is 5.18. The lowest BCUT2D eigenvalue weighted by Gasteiger charge is -2.09. The standard InChI is InChI=1S/C10H16N2O3S/c1-2-3-6-15-10-7-8(16(12,13)14)4-5-9(10)11/h4-5,7H,2-3,6,11H2,1H3,(H2,12,13,14). The van der Waals surface area contributed by atoms with Crippen LogP contribution in [0, 0.1) is 0 Å². The van der Waals surface area contributed by atoms with Gasteiger partial charge in [-0.25, -0.2) is 13.6 Å². The Bertz CT molecular complexity index is 457. The average molecular weight is 244 g/mol. The molecule has 5 nitrogen and oxygen atoms in total. The third-order valence-corrected chi connectivity index (χ3v) is 2.98. The van der Waals surface area contributed by atoms with Gasteiger partial charge in [-0.2, -0.15) is 0 Å². The maximum absolute atomic E-state index is 11.1. The van der Waals surface area contributed by atoms with Crippen molar-refractivity contribution in [2.24, 2.45) is 5.14 Å². The van der Waals surface area contributed by atoms with E-state index in [0.29, 0.717) is 18.0 Å². The quantitative estimate of drug-likeness (QED) is 0.598. The zero-order valence-corrected chi connectivity index (χ0v) is 9.96. The topological polar surface area (TPSA) is 95.4 Å². The zero-order valence-electron chi connectivity index (χ0n) is 9.14. The van der Waals surface area contributed by atoms with Crippen molar-refractivity contribution in [2.75, 3.05) is 12.3 Å². The number of hydrogen-bond acceptors (Lipinski definition) is 4. The van der Waals surface area contributed by atoms with E-state index in [1.54, 1.807) is 0 Å². The fourth-order valence-electron chi connectivity index (χ4n) is 1.14. The summed E-state index contributed by atoms with van der Waals surface area (Å²) in [7, 11) is -3.71. The summed E-state index contributed by atoms with van der Waals surface area (Å²) in [6.45, 7) is 2.54. The molecule has 4 N–H and O–H groups in total. The van der Waals surface area contributed by atoms with E-state index in [9.17, 15) is 8.42 Å². The largest absolute Gasteiger partial charge is 0.491 e. The number of nitrogen functional groups attached to an aromatic ring is 1. The lowest BCUT2D eigenvalue weighted by molar-refractivity contribution is 0.310. The molecule has 90 valence electrons. The van der Waals surface area contributed by atoms with Crippen LogP contribution in [-0.2, 0) is 10.0 Å². The summed E-state index contributed by atoms with van der Waals surface area (Å²) in [5.74, 6) is 0.361. The molecular formula is C10H16N2O3S. The predicted octanol–water partition coefficient (Wildman–Crippen LogP) is 1.10. The van der Waals surface area contributed by atoms with E-state index in [-0.39, 0.29) is 4.90 Å². The lowest BCUT2D eigenvalue weighted by atomic mass is 10.3. The van der Waals surface area contributed by atoms with Crippen molar-refractivity contribution in [3.63, 3.8) is 0 Å². The summed E-state index contributed by atoms with van der Waals surface area (Å²) in [4.78, 5) is 0.00759. The number of sulfonamides is 1. The SMILES string of the molecule is CCCCOc1cc(S(N)(=O)=O)ccc1N. The summed E-state index contributed by atoms with van der Waals surface area (Å²) in [6, 6.07) is 4.18. The molecule has 0 bridgehead atoms. The van der Waals surface area contributed by atoms with Crippen LogP contribution < -0.4 is 15.6 Å². The smallest absolute Gasteiger partial charge is 0.238 e. The van der Waals surface area contributed by atoms with Crippen molar-refractivity contribution in [3.8, 4) is 5.75 Å². The molecule has 1 rings (SSSR count). The summed E-state index contributed by atoms with van der Waals surface area (Å²) in [6.07, 6.45) is 1.88. The van der Waals surface area contributed by atoms with Crippen LogP contribution in [0.15, 0.2) is 23.1 Å². The normalized spacial score (nSPS) is 11.4. The minimum absolute atomic E-state index is 0.00759. The molecule has 0 aliphatic rings. The van der Waals surface area contributed by atoms with Crippen LogP contribution in [0.1, 0.15) is 19.8 Å². The van der Waals surface area contributed by atoms with Crippen molar-refractivity contribution in [1.82, 2.24) is 0 Å². The van der Waals surface area contributed by atoms with E-state index >= 15 is 0 Å². The molecule has 0 radical (unpaired) electrons. The Balaban J connectivity index is 2.91. The van der Waals surface area contributed by atoms with Crippen molar-refractivity contribution >= 4 is 15.7 Å². The molecule has 0 aliphatic heterocycles. The molecule has 1 aromatic rings. The number of primary sulfonamides is 1. The van der Waals surface area contributed by atoms with Gasteiger partial charge in [-0.1, -0.05) is 13.3 Å². The van der Waals surface area contributed by atoms with Gasteiger partial charge < -0.3 is 10.5 Å². The summed E-state index contributed by atoms with van der Waals surface area (Å²) in [5.41, 5.74) is 6.06. The van der Waals surface area contributed by atoms with Gasteiger partial charge in [-0.05, 0) is 18.6 Å². The Morgan fingerprint density at radius 2 is 2.06 bits per heavy atom. The molecule has 0 saturated carbocycles. The molecule has 0 spiro atoms. The highest BCUT2D eigenvalue weighted by atomic mass is 32.2. The van der Waals surface area contributed by atoms with Crippen molar-refractivity contribution < 1.29 is 13.2 Å². The number of hydrogen-bond donors (Lipinski definition) is 2. The second-order valence-electron chi connectivity index (χ2n) is 3.45. The lowest BCUT2D eigenvalue weighted by Crippen LogP contribution is -2.12. The van der Waals surface area contributed by atoms with Crippen LogP contribution in [0.5, 0.6) is 5.75 Å². The zero-order chi connectivity index (χ0) is 12.2. The third kappa shape index (κ3) is 3.39. The van der Waals surface area contributed by atoms with Gasteiger partial charge in [-0.3, -0.25) is 0 Å². The molecule has 0 atom stereocenters. The number of unbranched alkanes of at least 4 members (excludes halogenated alkanes) is 1. The van der Waals surface area contributed by atoms with E-state index in [2.05, 4.69) is 0 Å². The van der Waals surface area contributed by atoms with E-state index in [0.717, 1.165) is 12.8 Å². The van der Waals surface area contributed by atoms with Crippen LogP contribution in [0.4, 0.5) is 5.69 Å². The van der Waals surface area contributed by atoms with Gasteiger partial charge in [0.15, 0.2) is 0 Å². The molecule has 0 heterocycles. The molecule has 0 aromatic heterocycles. The molecule has 0 aliphatic carbocycles. The van der Waals surface area contributed by atoms with Crippen LogP contribution in [0.2, 0.25) is 0 Å². The molecule has 0 saturated heterocycles. The highest BCUT2D eigenvalue weighted by Crippen LogP contribution is 2.24. The number of anilines is 1. The summed E-state index contributed by atoms with van der Waals surface area (Å²) in [5, 5.41) is 5.01. The highest BCUT2D eigenvalue weighted by Gasteiger charge is 2.10. The Morgan fingerprint density at radius 3 is 2.62 bits per heavy atom. The molecule has 0 amide bonds. The predicted molar refractivity (Wildman–Crippen MR) is 62.6 cm³/mol. The maximum Gasteiger partial charge on any atom is 0.238 e. The first-order chi connectivity index (χ1) is 7.45. The Morgan fingerprint density at radius 1 is 1.38 bits per heavy atom. The first-order valence-electron chi connectivity index (χ1n) is 5.00. The number of nitrogens with two attached hydrogens (primary N) is 2. The molecule has 16 heavy (non-hydrogen) atoms. The number of benzene rings is 1. The van der Waals surface area contributed by atoms with Crippen LogP contribution in [-0.4, -0.2) is 15.0 Å². The monoisotopic (exact) mass is 244 g/mol. The molecular weight excluding hydrogens is 228 g/mol.